The molecule has 7 heteroatoms. The van der Waals surface area contributed by atoms with Crippen molar-refractivity contribution in [2.75, 3.05) is 18.2 Å². The van der Waals surface area contributed by atoms with Gasteiger partial charge in [-0.1, -0.05) is 12.1 Å². The second-order valence-corrected chi connectivity index (χ2v) is 5.89. The molecule has 3 rings (SSSR count). The molecular formula is C15H14FN3O2S. The number of thioether (sulfide) groups is 1. The molecule has 1 aliphatic heterocycles. The maximum Gasteiger partial charge on any atom is 0.358 e. The van der Waals surface area contributed by atoms with E-state index in [1.165, 1.54) is 24.9 Å². The van der Waals surface area contributed by atoms with Crippen molar-refractivity contribution in [2.24, 2.45) is 0 Å². The second-order valence-electron chi connectivity index (χ2n) is 4.79. The van der Waals surface area contributed by atoms with Crippen molar-refractivity contribution in [3.63, 3.8) is 0 Å². The summed E-state index contributed by atoms with van der Waals surface area (Å²) >= 11 is 1.53. The van der Waals surface area contributed by atoms with Gasteiger partial charge in [-0.15, -0.1) is 22.0 Å². The van der Waals surface area contributed by atoms with Crippen molar-refractivity contribution in [1.29, 1.82) is 0 Å². The van der Waals surface area contributed by atoms with Crippen LogP contribution in [-0.4, -0.2) is 29.0 Å². The summed E-state index contributed by atoms with van der Waals surface area (Å²) in [5, 5.41) is 11.0. The van der Waals surface area contributed by atoms with E-state index in [0.29, 0.717) is 10.7 Å². The molecule has 0 bridgehead atoms. The molecule has 0 saturated carbocycles. The van der Waals surface area contributed by atoms with Gasteiger partial charge in [-0.05, 0) is 30.2 Å². The van der Waals surface area contributed by atoms with Crippen molar-refractivity contribution < 1.29 is 13.9 Å². The summed E-state index contributed by atoms with van der Waals surface area (Å²) in [6, 6.07) is 8.29. The molecule has 0 amide bonds. The quantitative estimate of drug-likeness (QED) is 0.877. The number of esters is 1. The van der Waals surface area contributed by atoms with E-state index >= 15 is 0 Å². The van der Waals surface area contributed by atoms with Crippen LogP contribution in [0.15, 0.2) is 35.2 Å². The highest BCUT2D eigenvalue weighted by atomic mass is 32.2. The molecule has 2 aromatic rings. The Kier molecular flexibility index (Phi) is 4.24. The lowest BCUT2D eigenvalue weighted by atomic mass is 10.0. The largest absolute Gasteiger partial charge is 0.464 e. The molecule has 22 heavy (non-hydrogen) atoms. The maximum absolute atomic E-state index is 13.8. The number of benzene rings is 1. The Morgan fingerprint density at radius 1 is 1.36 bits per heavy atom. The van der Waals surface area contributed by atoms with Crippen LogP contribution in [0.4, 0.5) is 10.2 Å². The summed E-state index contributed by atoms with van der Waals surface area (Å²) in [5.74, 6) is 0.653. The minimum atomic E-state index is -0.527. The molecule has 1 aromatic carbocycles. The third-order valence-corrected chi connectivity index (χ3v) is 4.57. The molecule has 114 valence electrons. The Labute approximate surface area is 131 Å². The van der Waals surface area contributed by atoms with E-state index in [1.54, 1.807) is 18.2 Å². The van der Waals surface area contributed by atoms with Crippen LogP contribution in [0.2, 0.25) is 0 Å². The first-order valence-corrected chi connectivity index (χ1v) is 7.77. The minimum absolute atomic E-state index is 0.0229. The summed E-state index contributed by atoms with van der Waals surface area (Å²) in [7, 11) is 1.29. The Morgan fingerprint density at radius 3 is 2.95 bits per heavy atom. The van der Waals surface area contributed by atoms with Crippen LogP contribution in [-0.2, 0) is 4.74 Å². The SMILES string of the molecule is COC(=O)c1ccc(N[C@H]2CCSc3c(F)cccc32)nn1. The Morgan fingerprint density at radius 2 is 2.23 bits per heavy atom. The zero-order valence-electron chi connectivity index (χ0n) is 11.9. The number of hydrogen-bond acceptors (Lipinski definition) is 6. The molecule has 1 atom stereocenters. The fraction of sp³-hybridized carbons (Fsp3) is 0.267. The monoisotopic (exact) mass is 319 g/mol. The predicted molar refractivity (Wildman–Crippen MR) is 81.5 cm³/mol. The lowest BCUT2D eigenvalue weighted by Gasteiger charge is -2.26. The number of ether oxygens (including phenoxy) is 1. The van der Waals surface area contributed by atoms with Gasteiger partial charge in [0.25, 0.3) is 0 Å². The summed E-state index contributed by atoms with van der Waals surface area (Å²) in [4.78, 5) is 12.0. The van der Waals surface area contributed by atoms with E-state index in [0.717, 1.165) is 17.7 Å². The summed E-state index contributed by atoms with van der Waals surface area (Å²) in [6.07, 6.45) is 0.863. The molecule has 0 radical (unpaired) electrons. The predicted octanol–water partition coefficient (Wildman–Crippen LogP) is 3.05. The van der Waals surface area contributed by atoms with Crippen molar-refractivity contribution >= 4 is 23.5 Å². The number of nitrogens with zero attached hydrogens (tertiary/aromatic N) is 2. The summed E-state index contributed by atoms with van der Waals surface area (Å²) in [6.45, 7) is 0. The molecule has 0 aliphatic carbocycles. The van der Waals surface area contributed by atoms with E-state index in [-0.39, 0.29) is 17.6 Å². The first kappa shape index (κ1) is 14.8. The van der Waals surface area contributed by atoms with Gasteiger partial charge in [0.2, 0.25) is 0 Å². The van der Waals surface area contributed by atoms with E-state index in [2.05, 4.69) is 20.3 Å². The topological polar surface area (TPSA) is 64.1 Å². The van der Waals surface area contributed by atoms with Crippen LogP contribution in [0.3, 0.4) is 0 Å². The average Bonchev–Trinajstić information content (AvgIpc) is 2.56. The van der Waals surface area contributed by atoms with Crippen molar-refractivity contribution in [3.05, 3.63) is 47.4 Å². The van der Waals surface area contributed by atoms with E-state index in [4.69, 9.17) is 0 Å². The number of aromatic nitrogens is 2. The third kappa shape index (κ3) is 2.89. The third-order valence-electron chi connectivity index (χ3n) is 3.41. The molecule has 2 heterocycles. The van der Waals surface area contributed by atoms with Crippen LogP contribution in [0.1, 0.15) is 28.5 Å². The molecule has 0 saturated heterocycles. The van der Waals surface area contributed by atoms with Crippen molar-refractivity contribution in [2.45, 2.75) is 17.4 Å². The Bertz CT molecular complexity index is 694. The van der Waals surface area contributed by atoms with Crippen LogP contribution in [0.25, 0.3) is 0 Å². The number of nitrogens with one attached hydrogen (secondary N) is 1. The number of anilines is 1. The number of halogens is 1. The molecular weight excluding hydrogens is 305 g/mol. The summed E-state index contributed by atoms with van der Waals surface area (Å²) < 4.78 is 18.4. The van der Waals surface area contributed by atoms with Gasteiger partial charge in [0.1, 0.15) is 11.6 Å². The normalized spacial score (nSPS) is 16.7. The molecule has 0 unspecified atom stereocenters. The Balaban J connectivity index is 1.80. The number of methoxy groups -OCH3 is 1. The van der Waals surface area contributed by atoms with Crippen LogP contribution < -0.4 is 5.32 Å². The lowest BCUT2D eigenvalue weighted by Crippen LogP contribution is -2.18. The smallest absolute Gasteiger partial charge is 0.358 e. The first-order valence-electron chi connectivity index (χ1n) is 6.79. The first-order chi connectivity index (χ1) is 10.7. The van der Waals surface area contributed by atoms with Gasteiger partial charge in [0.15, 0.2) is 5.69 Å². The van der Waals surface area contributed by atoms with Crippen molar-refractivity contribution in [1.82, 2.24) is 10.2 Å². The Hall–Kier alpha value is -2.15. The van der Waals surface area contributed by atoms with Gasteiger partial charge in [-0.2, -0.15) is 0 Å². The molecule has 1 aliphatic rings. The number of hydrogen-bond donors (Lipinski definition) is 1. The van der Waals surface area contributed by atoms with Gasteiger partial charge in [0, 0.05) is 10.6 Å². The maximum atomic E-state index is 13.8. The van der Waals surface area contributed by atoms with Crippen LogP contribution >= 0.6 is 11.8 Å². The van der Waals surface area contributed by atoms with E-state index in [1.807, 2.05) is 6.07 Å². The molecule has 1 aromatic heterocycles. The fourth-order valence-corrected chi connectivity index (χ4v) is 3.48. The molecule has 0 spiro atoms. The highest BCUT2D eigenvalue weighted by Crippen LogP contribution is 2.38. The van der Waals surface area contributed by atoms with Gasteiger partial charge < -0.3 is 10.1 Å². The van der Waals surface area contributed by atoms with Crippen LogP contribution in [0, 0.1) is 5.82 Å². The minimum Gasteiger partial charge on any atom is -0.464 e. The number of rotatable bonds is 3. The highest BCUT2D eigenvalue weighted by molar-refractivity contribution is 7.99. The standard InChI is InChI=1S/C15H14FN3O2S/c1-21-15(20)12-5-6-13(19-18-12)17-11-7-8-22-14-9(11)3-2-4-10(14)16/h2-6,11H,7-8H2,1H3,(H,17,19)/t11-/m0/s1. The number of carbonyl (C=O) groups is 1. The van der Waals surface area contributed by atoms with Crippen molar-refractivity contribution in [3.8, 4) is 0 Å². The second kappa shape index (κ2) is 6.31. The summed E-state index contributed by atoms with van der Waals surface area (Å²) in [5.41, 5.74) is 1.08. The fourth-order valence-electron chi connectivity index (χ4n) is 2.34. The molecule has 5 nitrogen and oxygen atoms in total. The van der Waals surface area contributed by atoms with Gasteiger partial charge in [-0.3, -0.25) is 0 Å². The van der Waals surface area contributed by atoms with Gasteiger partial charge >= 0.3 is 5.97 Å². The highest BCUT2D eigenvalue weighted by Gasteiger charge is 2.23. The number of fused-ring (bicyclic) bond motifs is 1. The van der Waals surface area contributed by atoms with Gasteiger partial charge in [-0.25, -0.2) is 9.18 Å². The van der Waals surface area contributed by atoms with Gasteiger partial charge in [0.05, 0.1) is 13.2 Å². The van der Waals surface area contributed by atoms with E-state index in [9.17, 15) is 9.18 Å². The zero-order chi connectivity index (χ0) is 15.5. The lowest BCUT2D eigenvalue weighted by molar-refractivity contribution is 0.0593. The molecule has 0 fully saturated rings. The number of carbonyl (C=O) groups excluding carboxylic acids is 1. The van der Waals surface area contributed by atoms with Crippen LogP contribution in [0.5, 0.6) is 0 Å². The molecule has 1 N–H and O–H groups in total. The zero-order valence-corrected chi connectivity index (χ0v) is 12.7. The average molecular weight is 319 g/mol. The van der Waals surface area contributed by atoms with E-state index < -0.39 is 5.97 Å².